The summed E-state index contributed by atoms with van der Waals surface area (Å²) in [5.41, 5.74) is -0.160. The largest absolute Gasteiger partial charge is 0.481 e. The fourth-order valence-corrected chi connectivity index (χ4v) is 2.48. The molecule has 0 atom stereocenters. The molecule has 0 amide bonds. The number of carboxylic acids is 1. The van der Waals surface area contributed by atoms with Crippen LogP contribution in [0.25, 0.3) is 10.2 Å². The molecule has 0 saturated carbocycles. The van der Waals surface area contributed by atoms with Crippen molar-refractivity contribution in [3.05, 3.63) is 27.6 Å². The van der Waals surface area contributed by atoms with Crippen molar-refractivity contribution in [1.29, 1.82) is 0 Å². The Kier molecular flexibility index (Phi) is 3.23. The van der Waals surface area contributed by atoms with Crippen molar-refractivity contribution in [1.82, 2.24) is 9.55 Å². The number of hydrogen-bond donors (Lipinski definition) is 1. The van der Waals surface area contributed by atoms with Crippen LogP contribution in [0.1, 0.15) is 18.2 Å². The molecule has 2 aromatic heterocycles. The van der Waals surface area contributed by atoms with Gasteiger partial charge in [0.1, 0.15) is 4.83 Å². The predicted molar refractivity (Wildman–Crippen MR) is 65.5 cm³/mol. The zero-order valence-corrected chi connectivity index (χ0v) is 10.2. The Morgan fingerprint density at radius 1 is 1.59 bits per heavy atom. The number of nitrogens with zero attached hydrogens (tertiary/aromatic N) is 2. The van der Waals surface area contributed by atoms with Crippen LogP contribution >= 0.6 is 11.3 Å². The predicted octanol–water partition coefficient (Wildman–Crippen LogP) is 1.50. The molecule has 17 heavy (non-hydrogen) atoms. The second-order valence-electron chi connectivity index (χ2n) is 3.67. The zero-order chi connectivity index (χ0) is 12.4. The number of hydrogen-bond acceptors (Lipinski definition) is 4. The van der Waals surface area contributed by atoms with Gasteiger partial charge in [-0.2, -0.15) is 0 Å². The normalized spacial score (nSPS) is 10.9. The standard InChI is InChI=1S/C11H12N2O3S/c1-2-7-5-8-10(17-7)12-6-13(11(8)16)4-3-9(14)15/h5-6H,2-4H2,1H3,(H,14,15). The lowest BCUT2D eigenvalue weighted by molar-refractivity contribution is -0.137. The van der Waals surface area contributed by atoms with Crippen LogP contribution in [0.3, 0.4) is 0 Å². The highest BCUT2D eigenvalue weighted by atomic mass is 32.1. The summed E-state index contributed by atoms with van der Waals surface area (Å²) >= 11 is 1.50. The van der Waals surface area contributed by atoms with Gasteiger partial charge in [-0.15, -0.1) is 11.3 Å². The minimum atomic E-state index is -0.920. The summed E-state index contributed by atoms with van der Waals surface area (Å²) < 4.78 is 1.35. The molecule has 6 heteroatoms. The van der Waals surface area contributed by atoms with Crippen LogP contribution in [0, 0.1) is 0 Å². The van der Waals surface area contributed by atoms with E-state index in [4.69, 9.17) is 5.11 Å². The molecule has 0 spiro atoms. The zero-order valence-electron chi connectivity index (χ0n) is 9.34. The van der Waals surface area contributed by atoms with E-state index in [1.807, 2.05) is 13.0 Å². The summed E-state index contributed by atoms with van der Waals surface area (Å²) in [6.45, 7) is 2.18. The summed E-state index contributed by atoms with van der Waals surface area (Å²) in [6, 6.07) is 1.84. The highest BCUT2D eigenvalue weighted by Gasteiger charge is 2.08. The molecular weight excluding hydrogens is 240 g/mol. The first-order chi connectivity index (χ1) is 8.11. The third-order valence-electron chi connectivity index (χ3n) is 2.48. The topological polar surface area (TPSA) is 72.2 Å². The van der Waals surface area contributed by atoms with Gasteiger partial charge in [0.05, 0.1) is 18.1 Å². The number of carboxylic acid groups (broad SMARTS) is 1. The number of thiophene rings is 1. The van der Waals surface area contributed by atoms with Gasteiger partial charge in [0.15, 0.2) is 0 Å². The smallest absolute Gasteiger partial charge is 0.305 e. The third kappa shape index (κ3) is 2.36. The van der Waals surface area contributed by atoms with Crippen LogP contribution < -0.4 is 5.56 Å². The van der Waals surface area contributed by atoms with Crippen LogP contribution in [0.2, 0.25) is 0 Å². The first-order valence-corrected chi connectivity index (χ1v) is 6.13. The number of aliphatic carboxylic acids is 1. The molecule has 0 aliphatic carbocycles. The van der Waals surface area contributed by atoms with E-state index in [0.29, 0.717) is 5.39 Å². The molecule has 2 aromatic rings. The Hall–Kier alpha value is -1.69. The molecule has 0 bridgehead atoms. The van der Waals surface area contributed by atoms with Gasteiger partial charge >= 0.3 is 5.97 Å². The van der Waals surface area contributed by atoms with Crippen molar-refractivity contribution in [3.8, 4) is 0 Å². The van der Waals surface area contributed by atoms with Crippen LogP contribution in [-0.4, -0.2) is 20.6 Å². The lowest BCUT2D eigenvalue weighted by Gasteiger charge is -2.01. The Bertz CT molecular complexity index is 615. The van der Waals surface area contributed by atoms with Crippen molar-refractivity contribution >= 4 is 27.5 Å². The van der Waals surface area contributed by atoms with Gasteiger partial charge in [-0.25, -0.2) is 4.98 Å². The minimum absolute atomic E-state index is 0.0716. The van der Waals surface area contributed by atoms with Gasteiger partial charge in [-0.1, -0.05) is 6.92 Å². The fraction of sp³-hybridized carbons (Fsp3) is 0.364. The van der Waals surface area contributed by atoms with E-state index in [1.54, 1.807) is 0 Å². The summed E-state index contributed by atoms with van der Waals surface area (Å²) in [5.74, 6) is -0.920. The molecule has 2 rings (SSSR count). The molecule has 0 aliphatic heterocycles. The van der Waals surface area contributed by atoms with Gasteiger partial charge in [0.2, 0.25) is 0 Å². The van der Waals surface area contributed by atoms with Crippen molar-refractivity contribution in [2.24, 2.45) is 0 Å². The lowest BCUT2D eigenvalue weighted by Crippen LogP contribution is -2.21. The van der Waals surface area contributed by atoms with Gasteiger partial charge in [0, 0.05) is 11.4 Å². The van der Waals surface area contributed by atoms with E-state index >= 15 is 0 Å². The Morgan fingerprint density at radius 3 is 3.00 bits per heavy atom. The number of fused-ring (bicyclic) bond motifs is 1. The van der Waals surface area contributed by atoms with Crippen LogP contribution in [0.15, 0.2) is 17.2 Å². The Morgan fingerprint density at radius 2 is 2.35 bits per heavy atom. The summed E-state index contributed by atoms with van der Waals surface area (Å²) in [5, 5.41) is 9.17. The van der Waals surface area contributed by atoms with Crippen LogP contribution in [0.4, 0.5) is 0 Å². The quantitative estimate of drug-likeness (QED) is 0.895. The number of rotatable bonds is 4. The van der Waals surface area contributed by atoms with Crippen molar-refractivity contribution in [2.75, 3.05) is 0 Å². The van der Waals surface area contributed by atoms with Crippen molar-refractivity contribution in [3.63, 3.8) is 0 Å². The maximum Gasteiger partial charge on any atom is 0.305 e. The van der Waals surface area contributed by atoms with E-state index in [9.17, 15) is 9.59 Å². The third-order valence-corrected chi connectivity index (χ3v) is 3.67. The molecule has 5 nitrogen and oxygen atoms in total. The van der Waals surface area contributed by atoms with E-state index in [0.717, 1.165) is 16.1 Å². The highest BCUT2D eigenvalue weighted by Crippen LogP contribution is 2.20. The Labute approximate surface area is 101 Å². The number of aryl methyl sites for hydroxylation is 2. The fourth-order valence-electron chi connectivity index (χ4n) is 1.56. The molecule has 1 N–H and O–H groups in total. The molecular formula is C11H12N2O3S. The monoisotopic (exact) mass is 252 g/mol. The average molecular weight is 252 g/mol. The molecule has 0 unspecified atom stereocenters. The summed E-state index contributed by atoms with van der Waals surface area (Å²) in [7, 11) is 0. The Balaban J connectivity index is 2.42. The second-order valence-corrected chi connectivity index (χ2v) is 4.79. The average Bonchev–Trinajstić information content (AvgIpc) is 2.72. The summed E-state index contributed by atoms with van der Waals surface area (Å²) in [6.07, 6.45) is 2.22. The maximum atomic E-state index is 12.0. The van der Waals surface area contributed by atoms with E-state index < -0.39 is 5.97 Å². The SMILES string of the molecule is CCc1cc2c(=O)n(CCC(=O)O)cnc2s1. The first-order valence-electron chi connectivity index (χ1n) is 5.31. The van der Waals surface area contributed by atoms with Crippen molar-refractivity contribution < 1.29 is 9.90 Å². The molecule has 0 radical (unpaired) electrons. The molecule has 0 saturated heterocycles. The molecule has 0 aromatic carbocycles. The van der Waals surface area contributed by atoms with Gasteiger partial charge in [0.25, 0.3) is 5.56 Å². The van der Waals surface area contributed by atoms with Gasteiger partial charge in [-0.05, 0) is 12.5 Å². The molecule has 0 fully saturated rings. The second kappa shape index (κ2) is 4.67. The molecule has 2 heterocycles. The van der Waals surface area contributed by atoms with Crippen LogP contribution in [-0.2, 0) is 17.8 Å². The highest BCUT2D eigenvalue weighted by molar-refractivity contribution is 7.18. The van der Waals surface area contributed by atoms with Crippen LogP contribution in [0.5, 0.6) is 0 Å². The minimum Gasteiger partial charge on any atom is -0.481 e. The number of carbonyl (C=O) groups is 1. The van der Waals surface area contributed by atoms with Gasteiger partial charge in [-0.3, -0.25) is 14.2 Å². The van der Waals surface area contributed by atoms with E-state index in [2.05, 4.69) is 4.98 Å². The van der Waals surface area contributed by atoms with Gasteiger partial charge < -0.3 is 5.11 Å². The van der Waals surface area contributed by atoms with E-state index in [-0.39, 0.29) is 18.5 Å². The number of aromatic nitrogens is 2. The first kappa shape index (κ1) is 11.8. The summed E-state index contributed by atoms with van der Waals surface area (Å²) in [4.78, 5) is 28.5. The lowest BCUT2D eigenvalue weighted by atomic mass is 10.3. The maximum absolute atomic E-state index is 12.0. The molecule has 0 aliphatic rings. The molecule has 90 valence electrons. The van der Waals surface area contributed by atoms with E-state index in [1.165, 1.54) is 22.2 Å². The van der Waals surface area contributed by atoms with Crippen molar-refractivity contribution in [2.45, 2.75) is 26.3 Å².